The lowest BCUT2D eigenvalue weighted by atomic mass is 10.0. The van der Waals surface area contributed by atoms with E-state index < -0.39 is 0 Å². The second-order valence-electron chi connectivity index (χ2n) is 4.97. The van der Waals surface area contributed by atoms with Crippen LogP contribution in [0.1, 0.15) is 24.8 Å². The molecule has 1 saturated heterocycles. The highest BCUT2D eigenvalue weighted by Crippen LogP contribution is 2.12. The molecule has 1 atom stereocenters. The predicted octanol–water partition coefficient (Wildman–Crippen LogP) is 3.03. The van der Waals surface area contributed by atoms with Gasteiger partial charge in [-0.25, -0.2) is 4.68 Å². The third-order valence-corrected chi connectivity index (χ3v) is 3.49. The summed E-state index contributed by atoms with van der Waals surface area (Å²) in [5, 5.41) is 7.91. The molecule has 1 aromatic carbocycles. The highest BCUT2D eigenvalue weighted by molar-refractivity contribution is 5.49. The molecule has 0 aliphatic carbocycles. The number of aromatic nitrogens is 2. The lowest BCUT2D eigenvalue weighted by Gasteiger charge is -2.19. The molecule has 3 rings (SSSR count). The van der Waals surface area contributed by atoms with Gasteiger partial charge in [-0.15, -0.1) is 0 Å². The first-order valence-corrected chi connectivity index (χ1v) is 6.93. The van der Waals surface area contributed by atoms with Gasteiger partial charge < -0.3 is 5.32 Å². The number of nitrogens with zero attached hydrogens (tertiary/aromatic N) is 2. The first kappa shape index (κ1) is 12.2. The number of piperidine rings is 1. The van der Waals surface area contributed by atoms with Crippen molar-refractivity contribution >= 4 is 6.08 Å². The van der Waals surface area contributed by atoms with Crippen LogP contribution in [-0.4, -0.2) is 22.4 Å². The molecule has 0 amide bonds. The Hall–Kier alpha value is -1.87. The molecule has 1 unspecified atom stereocenters. The van der Waals surface area contributed by atoms with E-state index in [0.29, 0.717) is 6.04 Å². The summed E-state index contributed by atoms with van der Waals surface area (Å²) in [6.07, 6.45) is 12.3. The lowest BCUT2D eigenvalue weighted by molar-refractivity contribution is 0.455. The smallest absolute Gasteiger partial charge is 0.0645 e. The van der Waals surface area contributed by atoms with Crippen LogP contribution >= 0.6 is 0 Å². The molecule has 3 nitrogen and oxygen atoms in total. The normalized spacial score (nSPS) is 19.9. The average Bonchev–Trinajstić information content (AvgIpc) is 2.96. The maximum Gasteiger partial charge on any atom is 0.0645 e. The molecule has 98 valence electrons. The van der Waals surface area contributed by atoms with Crippen molar-refractivity contribution < 1.29 is 0 Å². The maximum atomic E-state index is 4.40. The second-order valence-corrected chi connectivity index (χ2v) is 4.97. The summed E-state index contributed by atoms with van der Waals surface area (Å²) in [5.74, 6) is 0. The van der Waals surface area contributed by atoms with E-state index in [1.165, 1.54) is 19.3 Å². The molecule has 2 heterocycles. The van der Waals surface area contributed by atoms with Crippen molar-refractivity contribution in [2.45, 2.75) is 25.3 Å². The first-order valence-electron chi connectivity index (χ1n) is 6.93. The van der Waals surface area contributed by atoms with Gasteiger partial charge in [0.25, 0.3) is 0 Å². The van der Waals surface area contributed by atoms with Crippen LogP contribution in [0.25, 0.3) is 11.8 Å². The zero-order valence-electron chi connectivity index (χ0n) is 11.0. The fraction of sp³-hybridized carbons (Fsp3) is 0.312. The number of nitrogens with one attached hydrogen (secondary N) is 1. The first-order chi connectivity index (χ1) is 9.42. The summed E-state index contributed by atoms with van der Waals surface area (Å²) in [4.78, 5) is 0. The van der Waals surface area contributed by atoms with Gasteiger partial charge in [0.1, 0.15) is 0 Å². The Balaban J connectivity index is 1.69. The molecule has 0 saturated carbocycles. The van der Waals surface area contributed by atoms with Gasteiger partial charge in [-0.1, -0.05) is 36.8 Å². The molecular weight excluding hydrogens is 234 g/mol. The Morgan fingerprint density at radius 2 is 2.11 bits per heavy atom. The van der Waals surface area contributed by atoms with Crippen LogP contribution in [0.3, 0.4) is 0 Å². The SMILES string of the molecule is C(=C\C1CCCCN1)/c1cnn(-c2ccccc2)c1. The minimum atomic E-state index is 0.522. The summed E-state index contributed by atoms with van der Waals surface area (Å²) in [7, 11) is 0. The summed E-state index contributed by atoms with van der Waals surface area (Å²) >= 11 is 0. The molecule has 1 aromatic heterocycles. The molecular formula is C16H19N3. The standard InChI is InChI=1S/C16H19N3/c1-2-7-16(8-3-1)19-13-14(12-18-19)9-10-15-6-4-5-11-17-15/h1-3,7-10,12-13,15,17H,4-6,11H2/b10-9+. The number of hydrogen-bond acceptors (Lipinski definition) is 2. The van der Waals surface area contributed by atoms with Crippen LogP contribution < -0.4 is 5.32 Å². The van der Waals surface area contributed by atoms with Crippen LogP contribution in [0.15, 0.2) is 48.8 Å². The van der Waals surface area contributed by atoms with Gasteiger partial charge in [0.05, 0.1) is 11.9 Å². The molecule has 3 heteroatoms. The summed E-state index contributed by atoms with van der Waals surface area (Å²) < 4.78 is 1.91. The van der Waals surface area contributed by atoms with Gasteiger partial charge in [0.2, 0.25) is 0 Å². The van der Waals surface area contributed by atoms with E-state index in [-0.39, 0.29) is 0 Å². The lowest BCUT2D eigenvalue weighted by Crippen LogP contribution is -2.31. The molecule has 1 aliphatic rings. The van der Waals surface area contributed by atoms with E-state index in [1.807, 2.05) is 29.1 Å². The van der Waals surface area contributed by atoms with Crippen LogP contribution in [0.5, 0.6) is 0 Å². The van der Waals surface area contributed by atoms with E-state index in [0.717, 1.165) is 17.8 Å². The number of rotatable bonds is 3. The topological polar surface area (TPSA) is 29.9 Å². The van der Waals surface area contributed by atoms with Crippen molar-refractivity contribution in [2.75, 3.05) is 6.54 Å². The van der Waals surface area contributed by atoms with E-state index in [2.05, 4.69) is 40.9 Å². The highest BCUT2D eigenvalue weighted by atomic mass is 15.3. The van der Waals surface area contributed by atoms with Gasteiger partial charge in [-0.3, -0.25) is 0 Å². The predicted molar refractivity (Wildman–Crippen MR) is 78.2 cm³/mol. The second kappa shape index (κ2) is 5.85. The Bertz CT molecular complexity index is 536. The molecule has 2 aromatic rings. The average molecular weight is 253 g/mol. The fourth-order valence-corrected chi connectivity index (χ4v) is 2.42. The van der Waals surface area contributed by atoms with E-state index in [4.69, 9.17) is 0 Å². The fourth-order valence-electron chi connectivity index (χ4n) is 2.42. The van der Waals surface area contributed by atoms with Gasteiger partial charge in [-0.2, -0.15) is 5.10 Å². The van der Waals surface area contributed by atoms with Gasteiger partial charge >= 0.3 is 0 Å². The molecule has 0 spiro atoms. The van der Waals surface area contributed by atoms with Gasteiger partial charge in [0.15, 0.2) is 0 Å². The van der Waals surface area contributed by atoms with Gasteiger partial charge in [0, 0.05) is 17.8 Å². The molecule has 0 bridgehead atoms. The van der Waals surface area contributed by atoms with E-state index in [1.54, 1.807) is 0 Å². The van der Waals surface area contributed by atoms with Crippen molar-refractivity contribution in [3.05, 3.63) is 54.4 Å². The van der Waals surface area contributed by atoms with E-state index in [9.17, 15) is 0 Å². The molecule has 1 aliphatic heterocycles. The van der Waals surface area contributed by atoms with Crippen molar-refractivity contribution in [2.24, 2.45) is 0 Å². The Labute approximate surface area is 114 Å². The van der Waals surface area contributed by atoms with Crippen LogP contribution in [-0.2, 0) is 0 Å². The third-order valence-electron chi connectivity index (χ3n) is 3.49. The monoisotopic (exact) mass is 253 g/mol. The summed E-state index contributed by atoms with van der Waals surface area (Å²) in [6, 6.07) is 10.7. The molecule has 1 N–H and O–H groups in total. The van der Waals surface area contributed by atoms with Gasteiger partial charge in [-0.05, 0) is 31.5 Å². The molecule has 0 radical (unpaired) electrons. The Morgan fingerprint density at radius 3 is 2.89 bits per heavy atom. The number of hydrogen-bond donors (Lipinski definition) is 1. The Kier molecular flexibility index (Phi) is 3.75. The van der Waals surface area contributed by atoms with Crippen molar-refractivity contribution in [3.8, 4) is 5.69 Å². The van der Waals surface area contributed by atoms with Crippen LogP contribution in [0, 0.1) is 0 Å². The highest BCUT2D eigenvalue weighted by Gasteiger charge is 2.08. The van der Waals surface area contributed by atoms with Crippen LogP contribution in [0.2, 0.25) is 0 Å². The van der Waals surface area contributed by atoms with Crippen molar-refractivity contribution in [1.82, 2.24) is 15.1 Å². The summed E-state index contributed by atoms with van der Waals surface area (Å²) in [5.41, 5.74) is 2.24. The van der Waals surface area contributed by atoms with Crippen LogP contribution in [0.4, 0.5) is 0 Å². The zero-order chi connectivity index (χ0) is 12.9. The number of benzene rings is 1. The Morgan fingerprint density at radius 1 is 1.21 bits per heavy atom. The van der Waals surface area contributed by atoms with E-state index >= 15 is 0 Å². The minimum Gasteiger partial charge on any atom is -0.311 e. The maximum absolute atomic E-state index is 4.40. The summed E-state index contributed by atoms with van der Waals surface area (Å²) in [6.45, 7) is 1.14. The molecule has 19 heavy (non-hydrogen) atoms. The zero-order valence-corrected chi connectivity index (χ0v) is 11.0. The van der Waals surface area contributed by atoms with Crippen molar-refractivity contribution in [3.63, 3.8) is 0 Å². The minimum absolute atomic E-state index is 0.522. The largest absolute Gasteiger partial charge is 0.311 e. The third kappa shape index (κ3) is 3.12. The number of para-hydroxylation sites is 1. The molecule has 1 fully saturated rings. The quantitative estimate of drug-likeness (QED) is 0.911. The van der Waals surface area contributed by atoms with Crippen molar-refractivity contribution in [1.29, 1.82) is 0 Å².